The fourth-order valence-electron chi connectivity index (χ4n) is 2.17. The normalized spacial score (nSPS) is 24.1. The predicted octanol–water partition coefficient (Wildman–Crippen LogP) is 2.40. The molecule has 2 N–H and O–H groups in total. The second kappa shape index (κ2) is 6.03. The maximum Gasteiger partial charge on any atom is 0.0813 e. The lowest BCUT2D eigenvalue weighted by Gasteiger charge is -2.12. The van der Waals surface area contributed by atoms with Crippen molar-refractivity contribution < 1.29 is 9.47 Å². The van der Waals surface area contributed by atoms with Gasteiger partial charge in [-0.2, -0.15) is 0 Å². The van der Waals surface area contributed by atoms with Crippen LogP contribution in [0.5, 0.6) is 0 Å². The van der Waals surface area contributed by atoms with E-state index in [1.807, 2.05) is 24.3 Å². The van der Waals surface area contributed by atoms with Gasteiger partial charge in [-0.3, -0.25) is 0 Å². The van der Waals surface area contributed by atoms with Crippen molar-refractivity contribution in [3.8, 4) is 0 Å². The highest BCUT2D eigenvalue weighted by atomic mass is 16.5. The number of nitrogens with two attached hydrogens (primary N) is 1. The predicted molar refractivity (Wildman–Crippen MR) is 68.9 cm³/mol. The Morgan fingerprint density at radius 2 is 2.18 bits per heavy atom. The highest BCUT2D eigenvalue weighted by Gasteiger charge is 2.21. The molecule has 0 radical (unpaired) electrons. The molecule has 2 atom stereocenters. The van der Waals surface area contributed by atoms with Crippen LogP contribution in [0.1, 0.15) is 25.3 Å². The second-order valence-electron chi connectivity index (χ2n) is 4.67. The SMILES string of the molecule is CC1CCC(COCCc2ccccc2N)O1. The molecule has 3 nitrogen and oxygen atoms in total. The third kappa shape index (κ3) is 3.72. The minimum absolute atomic E-state index is 0.290. The van der Waals surface area contributed by atoms with Gasteiger partial charge in [0.25, 0.3) is 0 Å². The van der Waals surface area contributed by atoms with Crippen molar-refractivity contribution in [3.05, 3.63) is 29.8 Å². The number of ether oxygens (including phenoxy) is 2. The van der Waals surface area contributed by atoms with Crippen LogP contribution in [0.25, 0.3) is 0 Å². The molecule has 1 aliphatic rings. The third-order valence-corrected chi connectivity index (χ3v) is 3.19. The fraction of sp³-hybridized carbons (Fsp3) is 0.571. The van der Waals surface area contributed by atoms with Gasteiger partial charge in [-0.25, -0.2) is 0 Å². The summed E-state index contributed by atoms with van der Waals surface area (Å²) in [6.07, 6.45) is 3.83. The maximum absolute atomic E-state index is 5.86. The lowest BCUT2D eigenvalue weighted by atomic mass is 10.1. The summed E-state index contributed by atoms with van der Waals surface area (Å²) in [6, 6.07) is 7.94. The zero-order chi connectivity index (χ0) is 12.1. The molecule has 1 saturated heterocycles. The summed E-state index contributed by atoms with van der Waals surface area (Å²) in [7, 11) is 0. The summed E-state index contributed by atoms with van der Waals surface area (Å²) in [5.41, 5.74) is 7.87. The number of hydrogen-bond donors (Lipinski definition) is 1. The Morgan fingerprint density at radius 3 is 2.88 bits per heavy atom. The van der Waals surface area contributed by atoms with Gasteiger partial charge in [-0.05, 0) is 37.8 Å². The molecule has 17 heavy (non-hydrogen) atoms. The maximum atomic E-state index is 5.86. The number of nitrogen functional groups attached to an aromatic ring is 1. The molecule has 0 aromatic heterocycles. The van der Waals surface area contributed by atoms with Crippen LogP contribution < -0.4 is 5.73 Å². The highest BCUT2D eigenvalue weighted by Crippen LogP contribution is 2.19. The summed E-state index contributed by atoms with van der Waals surface area (Å²) in [6.45, 7) is 3.53. The van der Waals surface area contributed by atoms with Crippen molar-refractivity contribution in [1.29, 1.82) is 0 Å². The molecule has 0 spiro atoms. The molecule has 0 saturated carbocycles. The van der Waals surface area contributed by atoms with Crippen molar-refractivity contribution in [1.82, 2.24) is 0 Å². The van der Waals surface area contributed by atoms with Crippen molar-refractivity contribution >= 4 is 5.69 Å². The van der Waals surface area contributed by atoms with Crippen LogP contribution in [0, 0.1) is 0 Å². The summed E-state index contributed by atoms with van der Waals surface area (Å²) in [5.74, 6) is 0. The molecule has 1 aromatic carbocycles. The monoisotopic (exact) mass is 235 g/mol. The summed E-state index contributed by atoms with van der Waals surface area (Å²) in [5, 5.41) is 0. The Bertz CT molecular complexity index is 354. The van der Waals surface area contributed by atoms with Gasteiger partial charge >= 0.3 is 0 Å². The number of anilines is 1. The van der Waals surface area contributed by atoms with Crippen LogP contribution in [0.2, 0.25) is 0 Å². The summed E-state index contributed by atoms with van der Waals surface area (Å²) in [4.78, 5) is 0. The van der Waals surface area contributed by atoms with Gasteiger partial charge in [-0.15, -0.1) is 0 Å². The van der Waals surface area contributed by atoms with Gasteiger partial charge in [0.1, 0.15) is 0 Å². The lowest BCUT2D eigenvalue weighted by Crippen LogP contribution is -2.16. The Morgan fingerprint density at radius 1 is 1.35 bits per heavy atom. The van der Waals surface area contributed by atoms with Crippen molar-refractivity contribution in [2.75, 3.05) is 18.9 Å². The van der Waals surface area contributed by atoms with Gasteiger partial charge in [-0.1, -0.05) is 18.2 Å². The quantitative estimate of drug-likeness (QED) is 0.629. The zero-order valence-electron chi connectivity index (χ0n) is 10.4. The van der Waals surface area contributed by atoms with E-state index < -0.39 is 0 Å². The van der Waals surface area contributed by atoms with E-state index in [2.05, 4.69) is 6.92 Å². The first-order valence-corrected chi connectivity index (χ1v) is 6.32. The van der Waals surface area contributed by atoms with Gasteiger partial charge < -0.3 is 15.2 Å². The average Bonchev–Trinajstić information content (AvgIpc) is 2.73. The smallest absolute Gasteiger partial charge is 0.0813 e. The first kappa shape index (κ1) is 12.4. The van der Waals surface area contributed by atoms with Crippen molar-refractivity contribution in [3.63, 3.8) is 0 Å². The van der Waals surface area contributed by atoms with E-state index in [4.69, 9.17) is 15.2 Å². The topological polar surface area (TPSA) is 44.5 Å². The molecule has 0 amide bonds. The molecular weight excluding hydrogens is 214 g/mol. The third-order valence-electron chi connectivity index (χ3n) is 3.19. The molecule has 0 bridgehead atoms. The zero-order valence-corrected chi connectivity index (χ0v) is 10.4. The molecule has 2 unspecified atom stereocenters. The molecule has 1 aliphatic heterocycles. The number of benzene rings is 1. The van der Waals surface area contributed by atoms with E-state index in [9.17, 15) is 0 Å². The standard InChI is InChI=1S/C14H21NO2/c1-11-6-7-13(17-11)10-16-9-8-12-4-2-3-5-14(12)15/h2-5,11,13H,6-10,15H2,1H3. The second-order valence-corrected chi connectivity index (χ2v) is 4.67. The van der Waals surface area contributed by atoms with E-state index in [1.54, 1.807) is 0 Å². The van der Waals surface area contributed by atoms with Gasteiger partial charge in [0.15, 0.2) is 0 Å². The van der Waals surface area contributed by atoms with Gasteiger partial charge in [0.2, 0.25) is 0 Å². The van der Waals surface area contributed by atoms with Gasteiger partial charge in [0.05, 0.1) is 25.4 Å². The molecule has 0 aliphatic carbocycles. The van der Waals surface area contributed by atoms with Crippen LogP contribution in [0.15, 0.2) is 24.3 Å². The van der Waals surface area contributed by atoms with E-state index >= 15 is 0 Å². The Labute approximate surface area is 103 Å². The summed E-state index contributed by atoms with van der Waals surface area (Å²) >= 11 is 0. The van der Waals surface area contributed by atoms with E-state index in [0.717, 1.165) is 30.5 Å². The fourth-order valence-corrected chi connectivity index (χ4v) is 2.17. The number of hydrogen-bond acceptors (Lipinski definition) is 3. The van der Waals surface area contributed by atoms with Crippen LogP contribution in [-0.2, 0) is 15.9 Å². The molecule has 3 heteroatoms. The first-order valence-electron chi connectivity index (χ1n) is 6.32. The van der Waals surface area contributed by atoms with Gasteiger partial charge in [0, 0.05) is 5.69 Å². The van der Waals surface area contributed by atoms with Crippen LogP contribution in [0.4, 0.5) is 5.69 Å². The number of rotatable bonds is 5. The van der Waals surface area contributed by atoms with Crippen molar-refractivity contribution in [2.45, 2.75) is 38.4 Å². The number of para-hydroxylation sites is 1. The molecule has 94 valence electrons. The molecule has 1 heterocycles. The van der Waals surface area contributed by atoms with Crippen molar-refractivity contribution in [2.24, 2.45) is 0 Å². The Hall–Kier alpha value is -1.06. The molecular formula is C14H21NO2. The van der Waals surface area contributed by atoms with Crippen LogP contribution in [0.3, 0.4) is 0 Å². The minimum Gasteiger partial charge on any atom is -0.399 e. The Kier molecular flexibility index (Phi) is 4.40. The largest absolute Gasteiger partial charge is 0.399 e. The van der Waals surface area contributed by atoms with Crippen LogP contribution >= 0.6 is 0 Å². The lowest BCUT2D eigenvalue weighted by molar-refractivity contribution is -0.00838. The summed E-state index contributed by atoms with van der Waals surface area (Å²) < 4.78 is 11.3. The highest BCUT2D eigenvalue weighted by molar-refractivity contribution is 5.46. The van der Waals surface area contributed by atoms with E-state index in [-0.39, 0.29) is 6.10 Å². The Balaban J connectivity index is 1.65. The van der Waals surface area contributed by atoms with E-state index in [0.29, 0.717) is 19.3 Å². The average molecular weight is 235 g/mol. The molecule has 1 fully saturated rings. The van der Waals surface area contributed by atoms with E-state index in [1.165, 1.54) is 0 Å². The molecule has 1 aromatic rings. The minimum atomic E-state index is 0.290. The molecule has 2 rings (SSSR count). The first-order chi connectivity index (χ1) is 8.25. The van der Waals surface area contributed by atoms with Crippen LogP contribution in [-0.4, -0.2) is 25.4 Å².